The number of nitrogens with two attached hydrogens (primary N) is 3. The number of fused-ring (bicyclic) bond motifs is 1. The van der Waals surface area contributed by atoms with Gasteiger partial charge in [0.05, 0.1) is 24.0 Å². The van der Waals surface area contributed by atoms with E-state index >= 15 is 0 Å². The molecule has 4 saturated heterocycles. The predicted octanol–water partition coefficient (Wildman–Crippen LogP) is 12.0. The molecule has 6 amide bonds. The fourth-order valence-electron chi connectivity index (χ4n) is 14.7. The molecule has 114 heavy (non-hydrogen) atoms. The van der Waals surface area contributed by atoms with Gasteiger partial charge in [-0.2, -0.15) is 0 Å². The lowest BCUT2D eigenvalue weighted by Gasteiger charge is -2.30. The molecule has 4 aliphatic heterocycles. The Kier molecular flexibility index (Phi) is 36.8. The number of halogens is 4. The van der Waals surface area contributed by atoms with Gasteiger partial charge in [0, 0.05) is 134 Å². The van der Waals surface area contributed by atoms with Gasteiger partial charge in [-0.15, -0.1) is 0 Å². The van der Waals surface area contributed by atoms with Crippen molar-refractivity contribution >= 4 is 117 Å². The van der Waals surface area contributed by atoms with Crippen LogP contribution in [-0.4, -0.2) is 188 Å². The molecule has 21 nitrogen and oxygen atoms in total. The molecule has 4 aliphatic rings. The first-order chi connectivity index (χ1) is 55.2. The summed E-state index contributed by atoms with van der Waals surface area (Å²) in [7, 11) is 0. The van der Waals surface area contributed by atoms with Gasteiger partial charge >= 0.3 is 0 Å². The molecular weight excluding hydrogens is 1520 g/mol. The largest absolute Gasteiger partial charge is 0.370 e. The SMILES string of the molecule is CCC(CC)CN1CC[C@@H](CNC(=O)/C=C/c2ccc(Cl)cc2)N[C@@H](CCN)C1=O.NC(N)=NCCC[C@@H]1N[C@H](CNC(=O)c2ccc3ccccc3c2)CCN(C[C@@H](C(=O)Cc2ccccc2)c2ccccc2)C1=O.O=C(/C=C/c1ccc(Cl)cc1)NC[C@@H]1CCN(Cc2cc(Cl)cc(Cl)c2)C(=O)[C@H](CCN2CCCCC2)N1. The van der Waals surface area contributed by atoms with Gasteiger partial charge in [-0.1, -0.05) is 195 Å². The van der Waals surface area contributed by atoms with Gasteiger partial charge in [-0.05, 0) is 189 Å². The number of carbonyl (C=O) groups excluding carboxylic acids is 7. The third-order valence-corrected chi connectivity index (χ3v) is 22.2. The molecule has 0 radical (unpaired) electrons. The number of carbonyl (C=O) groups is 7. The molecular formula is C89H112Cl4N14O7. The smallest absolute Gasteiger partial charge is 0.251 e. The second-order valence-corrected chi connectivity index (χ2v) is 31.5. The van der Waals surface area contributed by atoms with Crippen LogP contribution in [0, 0.1) is 5.92 Å². The highest BCUT2D eigenvalue weighted by atomic mass is 35.5. The zero-order valence-corrected chi connectivity index (χ0v) is 68.5. The number of amides is 6. The van der Waals surface area contributed by atoms with Crippen LogP contribution in [-0.2, 0) is 41.7 Å². The number of guanidine groups is 1. The monoisotopic (exact) mass is 1630 g/mol. The van der Waals surface area contributed by atoms with Crippen molar-refractivity contribution in [2.75, 3.05) is 85.1 Å². The zero-order chi connectivity index (χ0) is 81.1. The van der Waals surface area contributed by atoms with Crippen molar-refractivity contribution in [3.05, 3.63) is 235 Å². The van der Waals surface area contributed by atoms with Crippen LogP contribution in [0.25, 0.3) is 22.9 Å². The molecule has 4 heterocycles. The molecule has 0 aliphatic carbocycles. The fraction of sp³-hybridized carbons (Fsp3) is 0.416. The van der Waals surface area contributed by atoms with E-state index in [-0.39, 0.29) is 90.4 Å². The third-order valence-electron chi connectivity index (χ3n) is 21.3. The number of piperidine rings is 1. The number of benzene rings is 7. The Hall–Kier alpha value is -9.00. The summed E-state index contributed by atoms with van der Waals surface area (Å²) in [6.07, 6.45) is 17.2. The van der Waals surface area contributed by atoms with Crippen molar-refractivity contribution in [2.24, 2.45) is 28.1 Å². The van der Waals surface area contributed by atoms with E-state index in [2.05, 4.69) is 55.6 Å². The number of rotatable bonds is 32. The number of ketones is 1. The highest BCUT2D eigenvalue weighted by Crippen LogP contribution is 2.27. The Morgan fingerprint density at radius 3 is 1.58 bits per heavy atom. The normalized spacial score (nSPS) is 19.2. The summed E-state index contributed by atoms with van der Waals surface area (Å²) in [6.45, 7) is 12.7. The maximum atomic E-state index is 14.0. The van der Waals surface area contributed by atoms with Crippen LogP contribution in [0.1, 0.15) is 135 Å². The number of likely N-dealkylation sites (tertiary alicyclic amines) is 1. The summed E-state index contributed by atoms with van der Waals surface area (Å²) >= 11 is 24.2. The number of nitrogens with one attached hydrogen (secondary N) is 6. The van der Waals surface area contributed by atoms with E-state index in [9.17, 15) is 33.6 Å². The lowest BCUT2D eigenvalue weighted by molar-refractivity contribution is -0.134. The second kappa shape index (κ2) is 47.1. The third kappa shape index (κ3) is 29.7. The summed E-state index contributed by atoms with van der Waals surface area (Å²) in [5, 5.41) is 24.0. The minimum atomic E-state index is -0.514. The van der Waals surface area contributed by atoms with Gasteiger partial charge in [0.15, 0.2) is 5.96 Å². The summed E-state index contributed by atoms with van der Waals surface area (Å²) in [6, 6.07) is 51.7. The lowest BCUT2D eigenvalue weighted by Crippen LogP contribution is -2.50. The van der Waals surface area contributed by atoms with Crippen molar-refractivity contribution in [3.8, 4) is 0 Å². The van der Waals surface area contributed by atoms with Crippen molar-refractivity contribution in [1.29, 1.82) is 0 Å². The summed E-state index contributed by atoms with van der Waals surface area (Å²) in [5.41, 5.74) is 21.9. The van der Waals surface area contributed by atoms with Crippen molar-refractivity contribution in [1.82, 2.24) is 51.5 Å². The Balaban J connectivity index is 0.000000201. The van der Waals surface area contributed by atoms with E-state index in [4.69, 9.17) is 63.6 Å². The number of aliphatic imine (C=N–C) groups is 1. The molecule has 4 fully saturated rings. The summed E-state index contributed by atoms with van der Waals surface area (Å²) in [4.78, 5) is 104. The molecule has 0 aromatic heterocycles. The Labute approximate surface area is 691 Å². The average molecular weight is 1630 g/mol. The molecule has 11 rings (SSSR count). The highest BCUT2D eigenvalue weighted by Gasteiger charge is 2.36. The molecule has 12 N–H and O–H groups in total. The average Bonchev–Trinajstić information content (AvgIpc) is 1.75. The van der Waals surface area contributed by atoms with E-state index in [0.29, 0.717) is 116 Å². The van der Waals surface area contributed by atoms with Gasteiger partial charge in [0.2, 0.25) is 29.5 Å². The molecule has 0 bridgehead atoms. The molecule has 0 saturated carbocycles. The Morgan fingerprint density at radius 1 is 0.526 bits per heavy atom. The summed E-state index contributed by atoms with van der Waals surface area (Å²) in [5.74, 6) is -0.248. The van der Waals surface area contributed by atoms with Crippen LogP contribution < -0.4 is 49.1 Å². The highest BCUT2D eigenvalue weighted by molar-refractivity contribution is 6.34. The molecule has 0 spiro atoms. The van der Waals surface area contributed by atoms with Crippen LogP contribution in [0.15, 0.2) is 187 Å². The first-order valence-corrected chi connectivity index (χ1v) is 41.6. The lowest BCUT2D eigenvalue weighted by atomic mass is 9.90. The van der Waals surface area contributed by atoms with Crippen molar-refractivity contribution < 1.29 is 33.6 Å². The Bertz CT molecular complexity index is 4300. The van der Waals surface area contributed by atoms with Crippen LogP contribution >= 0.6 is 46.4 Å². The molecule has 608 valence electrons. The van der Waals surface area contributed by atoms with Crippen LogP contribution in [0.4, 0.5) is 0 Å². The Morgan fingerprint density at radius 2 is 1.03 bits per heavy atom. The predicted molar refractivity (Wildman–Crippen MR) is 461 cm³/mol. The van der Waals surface area contributed by atoms with E-state index in [1.807, 2.05) is 154 Å². The first-order valence-electron chi connectivity index (χ1n) is 40.1. The standard InChI is InChI=1S/C37H42N6O3.C29H35Cl3N4O2.C23H35ClN4O2/c38-37(39)40-20-9-16-33-36(46)43(25-32(28-13-5-2-6-14-28)34(44)22-26-10-3-1-4-11-26)21-19-31(42-33)24-41-35(45)30-18-17-27-12-7-8-15-29(27)23-30;30-23-7-4-21(5-8-23)6-9-28(37)33-19-26-10-15-36(20-22-16-24(31)18-25(32)17-22)29(38)27(34-26)11-14-35-12-2-1-3-13-35;1-3-17(4-2)16-28-14-12-20(27-21(11-13-25)23(28)30)15-26-22(29)10-7-18-5-8-19(24)9-6-18/h1-8,10-15,17-18,23,31-33,42H,9,16,19-22,24-25H2,(H,41,45)(H4,38,39,40);4-9,16-18,26-27,34H,1-3,10-15,19-20H2,(H,33,37);5-10,17,20-21,27H,3-4,11-16,25H2,1-2H3,(H,26,29)/b;9-6+;10-7+/t31-,32+,33-;26-,27-;20-,21-/m000/s1. The number of hydrogen-bond donors (Lipinski definition) is 9. The fourth-order valence-corrected chi connectivity index (χ4v) is 15.6. The van der Waals surface area contributed by atoms with Crippen LogP contribution in [0.3, 0.4) is 0 Å². The number of hydrogen-bond acceptors (Lipinski definition) is 13. The van der Waals surface area contributed by atoms with Gasteiger partial charge in [-0.25, -0.2) is 0 Å². The van der Waals surface area contributed by atoms with Crippen LogP contribution in [0.2, 0.25) is 20.1 Å². The molecule has 7 aromatic carbocycles. The first kappa shape index (κ1) is 88.9. The molecule has 0 unspecified atom stereocenters. The quantitative estimate of drug-likeness (QED) is 0.00820. The minimum Gasteiger partial charge on any atom is -0.370 e. The maximum absolute atomic E-state index is 14.0. The van der Waals surface area contributed by atoms with E-state index in [1.165, 1.54) is 31.4 Å². The number of Topliss-reactive ketones (excluding diaryl/α,β-unsaturated/α-hetero) is 1. The van der Waals surface area contributed by atoms with Gasteiger partial charge in [-0.3, -0.25) is 38.6 Å². The zero-order valence-electron chi connectivity index (χ0n) is 65.5. The van der Waals surface area contributed by atoms with Gasteiger partial charge in [0.1, 0.15) is 5.78 Å². The topological polar surface area (TPSA) is 295 Å². The van der Waals surface area contributed by atoms with Gasteiger partial charge < -0.3 is 68.7 Å². The summed E-state index contributed by atoms with van der Waals surface area (Å²) < 4.78 is 0. The molecule has 7 aromatic rings. The molecule has 25 heteroatoms. The van der Waals surface area contributed by atoms with Crippen molar-refractivity contribution in [2.45, 2.75) is 146 Å². The minimum absolute atomic E-state index is 0.0127. The van der Waals surface area contributed by atoms with Crippen molar-refractivity contribution in [3.63, 3.8) is 0 Å². The van der Waals surface area contributed by atoms with E-state index < -0.39 is 12.0 Å². The van der Waals surface area contributed by atoms with Gasteiger partial charge in [0.25, 0.3) is 5.91 Å². The van der Waals surface area contributed by atoms with Crippen LogP contribution in [0.5, 0.6) is 0 Å². The number of nitrogens with zero attached hydrogens (tertiary/aromatic N) is 5. The second-order valence-electron chi connectivity index (χ2n) is 29.7. The van der Waals surface area contributed by atoms with E-state index in [1.54, 1.807) is 42.5 Å². The molecule has 7 atom stereocenters. The van der Waals surface area contributed by atoms with E-state index in [0.717, 1.165) is 96.9 Å². The maximum Gasteiger partial charge on any atom is 0.251 e.